The highest BCUT2D eigenvalue weighted by atomic mass is 32.2. The molecule has 3 rings (SSSR count). The van der Waals surface area contributed by atoms with E-state index in [1.54, 1.807) is 0 Å². The van der Waals surface area contributed by atoms with Crippen molar-refractivity contribution >= 4 is 39.8 Å². The number of hydrogen-bond donors (Lipinski definition) is 2. The molecule has 0 saturated heterocycles. The summed E-state index contributed by atoms with van der Waals surface area (Å²) in [4.78, 5) is 14.1. The van der Waals surface area contributed by atoms with Gasteiger partial charge in [0.15, 0.2) is 4.34 Å². The standard InChI is InChI=1S/C19H27N5OS2/c1-24(2)16-10-8-14(9-11-16)12-20-17(25)13-26-19-23-22-18(27-19)21-15-6-4-3-5-7-15/h8-11,15H,3-7,12-13H2,1-2H3,(H,20,25)(H,21,22). The highest BCUT2D eigenvalue weighted by Crippen LogP contribution is 2.28. The van der Waals surface area contributed by atoms with Gasteiger partial charge in [-0.2, -0.15) is 0 Å². The third-order valence-corrected chi connectivity index (χ3v) is 6.60. The van der Waals surface area contributed by atoms with Gasteiger partial charge < -0.3 is 15.5 Å². The number of hydrogen-bond acceptors (Lipinski definition) is 7. The zero-order valence-electron chi connectivity index (χ0n) is 15.9. The van der Waals surface area contributed by atoms with Crippen LogP contribution in [0.2, 0.25) is 0 Å². The maximum Gasteiger partial charge on any atom is 0.230 e. The number of nitrogens with one attached hydrogen (secondary N) is 2. The van der Waals surface area contributed by atoms with E-state index in [1.807, 2.05) is 26.2 Å². The normalized spacial score (nSPS) is 14.7. The minimum atomic E-state index is 0.00803. The molecule has 1 fully saturated rings. The van der Waals surface area contributed by atoms with Crippen molar-refractivity contribution in [2.45, 2.75) is 49.0 Å². The Morgan fingerprint density at radius 1 is 1.19 bits per heavy atom. The summed E-state index contributed by atoms with van der Waals surface area (Å²) in [6, 6.07) is 8.70. The van der Waals surface area contributed by atoms with Gasteiger partial charge in [-0.25, -0.2) is 0 Å². The second-order valence-electron chi connectivity index (χ2n) is 6.98. The van der Waals surface area contributed by atoms with E-state index in [0.29, 0.717) is 18.3 Å². The van der Waals surface area contributed by atoms with Crippen molar-refractivity contribution in [2.75, 3.05) is 30.1 Å². The Balaban J connectivity index is 1.38. The lowest BCUT2D eigenvalue weighted by molar-refractivity contribution is -0.118. The number of benzene rings is 1. The molecular formula is C19H27N5OS2. The maximum absolute atomic E-state index is 12.1. The van der Waals surface area contributed by atoms with Gasteiger partial charge in [0.05, 0.1) is 5.75 Å². The number of carbonyl (C=O) groups is 1. The quantitative estimate of drug-likeness (QED) is 0.652. The first-order chi connectivity index (χ1) is 13.1. The van der Waals surface area contributed by atoms with Gasteiger partial charge in [-0.3, -0.25) is 4.79 Å². The van der Waals surface area contributed by atoms with Gasteiger partial charge >= 0.3 is 0 Å². The zero-order valence-corrected chi connectivity index (χ0v) is 17.5. The lowest BCUT2D eigenvalue weighted by Gasteiger charge is -2.21. The summed E-state index contributed by atoms with van der Waals surface area (Å²) in [7, 11) is 4.02. The molecule has 0 bridgehead atoms. The van der Waals surface area contributed by atoms with Crippen LogP contribution in [-0.2, 0) is 11.3 Å². The summed E-state index contributed by atoms with van der Waals surface area (Å²) in [5, 5.41) is 15.7. The molecular weight excluding hydrogens is 378 g/mol. The Bertz CT molecular complexity index is 726. The number of rotatable bonds is 8. The number of amides is 1. The van der Waals surface area contributed by atoms with Gasteiger partial charge in [0.1, 0.15) is 0 Å². The molecule has 8 heteroatoms. The molecule has 1 saturated carbocycles. The average Bonchev–Trinajstić information content (AvgIpc) is 3.13. The van der Waals surface area contributed by atoms with Crippen LogP contribution in [-0.4, -0.2) is 42.0 Å². The van der Waals surface area contributed by atoms with Crippen molar-refractivity contribution < 1.29 is 4.79 Å². The second-order valence-corrected chi connectivity index (χ2v) is 9.18. The van der Waals surface area contributed by atoms with Crippen molar-refractivity contribution in [2.24, 2.45) is 0 Å². The molecule has 1 aliphatic carbocycles. The molecule has 2 N–H and O–H groups in total. The van der Waals surface area contributed by atoms with Crippen LogP contribution >= 0.6 is 23.1 Å². The van der Waals surface area contributed by atoms with Crippen molar-refractivity contribution in [3.05, 3.63) is 29.8 Å². The van der Waals surface area contributed by atoms with E-state index < -0.39 is 0 Å². The van der Waals surface area contributed by atoms with E-state index in [2.05, 4.69) is 37.9 Å². The highest BCUT2D eigenvalue weighted by molar-refractivity contribution is 8.01. The monoisotopic (exact) mass is 405 g/mol. The number of nitrogens with zero attached hydrogens (tertiary/aromatic N) is 3. The largest absolute Gasteiger partial charge is 0.378 e. The molecule has 1 heterocycles. The molecule has 0 atom stereocenters. The molecule has 1 aliphatic rings. The lowest BCUT2D eigenvalue weighted by atomic mass is 9.96. The fourth-order valence-electron chi connectivity index (χ4n) is 3.04. The first kappa shape index (κ1) is 19.9. The molecule has 0 aliphatic heterocycles. The Morgan fingerprint density at radius 3 is 2.63 bits per heavy atom. The fraction of sp³-hybridized carbons (Fsp3) is 0.526. The van der Waals surface area contributed by atoms with Gasteiger partial charge in [0.2, 0.25) is 11.0 Å². The van der Waals surface area contributed by atoms with Crippen LogP contribution in [0, 0.1) is 0 Å². The molecule has 146 valence electrons. The Morgan fingerprint density at radius 2 is 1.93 bits per heavy atom. The Hall–Kier alpha value is -1.80. The summed E-state index contributed by atoms with van der Waals surface area (Å²) in [6.45, 7) is 0.539. The van der Waals surface area contributed by atoms with Gasteiger partial charge in [-0.1, -0.05) is 54.5 Å². The van der Waals surface area contributed by atoms with E-state index in [4.69, 9.17) is 0 Å². The predicted molar refractivity (Wildman–Crippen MR) is 114 cm³/mol. The number of aromatic nitrogens is 2. The average molecular weight is 406 g/mol. The minimum absolute atomic E-state index is 0.00803. The van der Waals surface area contributed by atoms with Crippen LogP contribution in [0.5, 0.6) is 0 Å². The summed E-state index contributed by atoms with van der Waals surface area (Å²) >= 11 is 2.97. The second kappa shape index (κ2) is 9.94. The molecule has 1 aromatic heterocycles. The zero-order chi connectivity index (χ0) is 19.1. The van der Waals surface area contributed by atoms with Crippen molar-refractivity contribution in [3.8, 4) is 0 Å². The molecule has 1 aromatic carbocycles. The Labute approximate surface area is 169 Å². The van der Waals surface area contributed by atoms with E-state index in [-0.39, 0.29) is 5.91 Å². The molecule has 1 amide bonds. The van der Waals surface area contributed by atoms with Crippen LogP contribution in [0.4, 0.5) is 10.8 Å². The highest BCUT2D eigenvalue weighted by Gasteiger charge is 2.15. The third kappa shape index (κ3) is 6.39. The fourth-order valence-corrected chi connectivity index (χ4v) is 4.70. The number of anilines is 2. The van der Waals surface area contributed by atoms with Gasteiger partial charge in [0.25, 0.3) is 0 Å². The molecule has 2 aromatic rings. The molecule has 6 nitrogen and oxygen atoms in total. The first-order valence-corrected chi connectivity index (χ1v) is 11.2. The number of thioether (sulfide) groups is 1. The first-order valence-electron chi connectivity index (χ1n) is 9.36. The van der Waals surface area contributed by atoms with E-state index in [0.717, 1.165) is 20.7 Å². The van der Waals surface area contributed by atoms with Gasteiger partial charge in [-0.15, -0.1) is 10.2 Å². The molecule has 0 radical (unpaired) electrons. The summed E-state index contributed by atoms with van der Waals surface area (Å²) in [5.74, 6) is 0.363. The SMILES string of the molecule is CN(C)c1ccc(CNC(=O)CSc2nnc(NC3CCCCC3)s2)cc1. The van der Waals surface area contributed by atoms with Crippen LogP contribution < -0.4 is 15.5 Å². The van der Waals surface area contributed by atoms with E-state index in [1.165, 1.54) is 55.2 Å². The predicted octanol–water partition coefficient (Wildman–Crippen LogP) is 3.76. The molecule has 27 heavy (non-hydrogen) atoms. The minimum Gasteiger partial charge on any atom is -0.378 e. The molecule has 0 unspecified atom stereocenters. The summed E-state index contributed by atoms with van der Waals surface area (Å²) in [5.41, 5.74) is 2.24. The van der Waals surface area contributed by atoms with Gasteiger partial charge in [0, 0.05) is 32.4 Å². The van der Waals surface area contributed by atoms with Gasteiger partial charge in [-0.05, 0) is 30.5 Å². The van der Waals surface area contributed by atoms with Crippen molar-refractivity contribution in [1.82, 2.24) is 15.5 Å². The maximum atomic E-state index is 12.1. The smallest absolute Gasteiger partial charge is 0.230 e. The van der Waals surface area contributed by atoms with Crippen LogP contribution in [0.1, 0.15) is 37.7 Å². The van der Waals surface area contributed by atoms with Crippen LogP contribution in [0.25, 0.3) is 0 Å². The topological polar surface area (TPSA) is 70.2 Å². The number of carbonyl (C=O) groups excluding carboxylic acids is 1. The van der Waals surface area contributed by atoms with Crippen molar-refractivity contribution in [3.63, 3.8) is 0 Å². The summed E-state index contributed by atoms with van der Waals surface area (Å²) < 4.78 is 0.832. The summed E-state index contributed by atoms with van der Waals surface area (Å²) in [6.07, 6.45) is 6.33. The lowest BCUT2D eigenvalue weighted by Crippen LogP contribution is -2.24. The Kier molecular flexibility index (Phi) is 7.34. The third-order valence-electron chi connectivity index (χ3n) is 4.61. The molecule has 0 spiro atoms. The van der Waals surface area contributed by atoms with Crippen LogP contribution in [0.3, 0.4) is 0 Å². The van der Waals surface area contributed by atoms with Crippen LogP contribution in [0.15, 0.2) is 28.6 Å². The van der Waals surface area contributed by atoms with Crippen molar-refractivity contribution in [1.29, 1.82) is 0 Å². The van der Waals surface area contributed by atoms with E-state index in [9.17, 15) is 4.79 Å². The van der Waals surface area contributed by atoms with E-state index >= 15 is 0 Å².